The van der Waals surface area contributed by atoms with Crippen LogP contribution in [0, 0.1) is 23.7 Å². The molecule has 2 aliphatic carbocycles. The summed E-state index contributed by atoms with van der Waals surface area (Å²) in [5.74, 6) is -9.99. The number of nitrogens with zero attached hydrogens (tertiary/aromatic N) is 3. The predicted octanol–water partition coefficient (Wildman–Crippen LogP) is 8.15. The Kier molecular flexibility index (Phi) is 8.87. The highest BCUT2D eigenvalue weighted by Crippen LogP contribution is 2.65. The van der Waals surface area contributed by atoms with E-state index in [1.165, 1.54) is 24.3 Å². The summed E-state index contributed by atoms with van der Waals surface area (Å²) in [4.78, 5) is 75.8. The number of rotatable bonds is 6. The van der Waals surface area contributed by atoms with Crippen molar-refractivity contribution >= 4 is 75.1 Å². The monoisotopic (exact) mass is 840 g/mol. The number of aromatic nitrogens is 1. The van der Waals surface area contributed by atoms with Crippen LogP contribution < -0.4 is 10.3 Å². The Labute approximate surface area is 342 Å². The van der Waals surface area contributed by atoms with Crippen LogP contribution in [0.25, 0.3) is 10.8 Å². The molecule has 9 rings (SSSR count). The third-order valence-electron chi connectivity index (χ3n) is 12.2. The van der Waals surface area contributed by atoms with Gasteiger partial charge in [-0.2, -0.15) is 18.2 Å². The van der Waals surface area contributed by atoms with E-state index in [-0.39, 0.29) is 35.4 Å². The second kappa shape index (κ2) is 13.7. The highest BCUT2D eigenvalue weighted by Gasteiger charge is 2.71. The molecule has 3 N–H and O–H groups in total. The lowest BCUT2D eigenvalue weighted by molar-refractivity contribution is -0.139. The molecule has 0 radical (unpaired) electrons. The van der Waals surface area contributed by atoms with E-state index in [1.54, 1.807) is 66.7 Å². The predicted molar refractivity (Wildman–Crippen MR) is 208 cm³/mol. The molecule has 1 aromatic heterocycles. The Bertz CT molecular complexity index is 2710. The number of aromatic hydroxyl groups is 1. The van der Waals surface area contributed by atoms with Gasteiger partial charge in [-0.15, -0.1) is 0 Å². The normalized spacial score (nSPS) is 25.2. The number of amides is 4. The van der Waals surface area contributed by atoms with Crippen molar-refractivity contribution in [3.63, 3.8) is 0 Å². The van der Waals surface area contributed by atoms with E-state index in [0.29, 0.717) is 44.2 Å². The largest absolute Gasteiger partial charge is 0.507 e. The Morgan fingerprint density at radius 3 is 2.34 bits per heavy atom. The fraction of sp³-hybridized carbons (Fsp3) is 0.209. The second-order valence-electron chi connectivity index (χ2n) is 15.0. The SMILES string of the molecule is O=C(O)c1cccc(N2C(=O)C3CC=C4C(CC5C(=O)N(Nc6ncc(C(F)(F)F)cc6Cl)C(=O)C5(c5ccc(Cl)cc5)C4c4ccc5ccccc5c4O)C3C2=O)c1. The first-order valence-corrected chi connectivity index (χ1v) is 19.1. The number of anilines is 2. The molecule has 3 fully saturated rings. The van der Waals surface area contributed by atoms with Crippen LogP contribution in [0.1, 0.15) is 45.8 Å². The van der Waals surface area contributed by atoms with Crippen LogP contribution in [-0.4, -0.2) is 49.8 Å². The van der Waals surface area contributed by atoms with Gasteiger partial charge in [-0.1, -0.05) is 89.4 Å². The van der Waals surface area contributed by atoms with E-state index >= 15 is 4.79 Å². The molecule has 0 bridgehead atoms. The molecule has 1 saturated carbocycles. The molecule has 6 atom stereocenters. The second-order valence-corrected chi connectivity index (χ2v) is 15.9. The lowest BCUT2D eigenvalue weighted by Crippen LogP contribution is -2.53. The maximum atomic E-state index is 15.5. The number of phenolic OH excluding ortho intramolecular Hbond substituents is 1. The van der Waals surface area contributed by atoms with Gasteiger partial charge in [-0.25, -0.2) is 9.78 Å². The van der Waals surface area contributed by atoms with Gasteiger partial charge < -0.3 is 10.2 Å². The fourth-order valence-electron chi connectivity index (χ4n) is 9.66. The number of fused-ring (bicyclic) bond motifs is 5. The number of allylic oxidation sites excluding steroid dienone is 2. The number of carboxylic acid groups (broad SMARTS) is 1. The zero-order chi connectivity index (χ0) is 41.7. The van der Waals surface area contributed by atoms with Gasteiger partial charge >= 0.3 is 12.1 Å². The zero-order valence-electron chi connectivity index (χ0n) is 30.3. The molecule has 11 nitrogen and oxygen atoms in total. The molecule has 298 valence electrons. The number of hydrogen-bond acceptors (Lipinski definition) is 8. The van der Waals surface area contributed by atoms with Crippen molar-refractivity contribution in [2.75, 3.05) is 10.3 Å². The molecule has 3 heterocycles. The standard InChI is InChI=1S/C43H29Cl2F3N4O7/c44-24-11-9-22(10-12-24)42-31(38(55)52(41(42)59)50-36-32(45)17-23(19-49-36)43(46,47)48)18-30-27(34(42)29-13-8-20-4-1-2-7-26(20)35(29)53)14-15-28-33(30)39(56)51(37(28)54)25-6-3-5-21(16-25)40(57)58/h1-14,16-17,19,28,30-31,33-34,53H,15,18H2,(H,49,50)(H,57,58). The van der Waals surface area contributed by atoms with Gasteiger partial charge in [0.05, 0.1) is 45.0 Å². The molecule has 59 heavy (non-hydrogen) atoms. The third kappa shape index (κ3) is 5.71. The van der Waals surface area contributed by atoms with Gasteiger partial charge in [0.25, 0.3) is 11.8 Å². The Morgan fingerprint density at radius 1 is 0.881 bits per heavy atom. The number of carboxylic acids is 1. The van der Waals surface area contributed by atoms with Gasteiger partial charge in [0.1, 0.15) is 5.75 Å². The number of benzene rings is 4. The summed E-state index contributed by atoms with van der Waals surface area (Å²) >= 11 is 12.6. The molecule has 16 heteroatoms. The number of imide groups is 2. The first kappa shape index (κ1) is 38.3. The Balaban J connectivity index is 1.25. The maximum Gasteiger partial charge on any atom is 0.417 e. The average Bonchev–Trinajstić information content (AvgIpc) is 3.59. The van der Waals surface area contributed by atoms with Crippen molar-refractivity contribution in [3.8, 4) is 5.75 Å². The minimum atomic E-state index is -4.79. The number of halogens is 5. The number of carbonyl (C=O) groups is 5. The molecule has 4 aliphatic rings. The summed E-state index contributed by atoms with van der Waals surface area (Å²) in [5.41, 5.74) is 0.565. The lowest BCUT2D eigenvalue weighted by Gasteiger charge is -2.50. The number of phenols is 1. The summed E-state index contributed by atoms with van der Waals surface area (Å²) in [6.07, 6.45) is -2.61. The minimum absolute atomic E-state index is 0.0393. The van der Waals surface area contributed by atoms with Crippen molar-refractivity contribution in [3.05, 3.63) is 141 Å². The fourth-order valence-corrected chi connectivity index (χ4v) is 10.00. The number of aromatic carboxylic acids is 1. The highest BCUT2D eigenvalue weighted by molar-refractivity contribution is 6.33. The van der Waals surface area contributed by atoms with Crippen LogP contribution in [0.3, 0.4) is 0 Å². The van der Waals surface area contributed by atoms with Gasteiger partial charge in [-0.05, 0) is 66.1 Å². The topological polar surface area (TPSA) is 157 Å². The number of alkyl halides is 3. The summed E-state index contributed by atoms with van der Waals surface area (Å²) in [5, 5.41) is 23.4. The van der Waals surface area contributed by atoms with Crippen LogP contribution in [0.2, 0.25) is 10.0 Å². The molecular weight excluding hydrogens is 812 g/mol. The molecule has 4 aromatic carbocycles. The van der Waals surface area contributed by atoms with E-state index in [9.17, 15) is 42.6 Å². The van der Waals surface area contributed by atoms with Crippen molar-refractivity contribution in [1.29, 1.82) is 0 Å². The maximum absolute atomic E-state index is 15.5. The van der Waals surface area contributed by atoms with Gasteiger partial charge in [0, 0.05) is 28.1 Å². The van der Waals surface area contributed by atoms with Crippen molar-refractivity contribution in [1.82, 2.24) is 9.99 Å². The van der Waals surface area contributed by atoms with Gasteiger partial charge in [0.2, 0.25) is 11.8 Å². The number of nitrogens with one attached hydrogen (secondary N) is 1. The van der Waals surface area contributed by atoms with E-state index < -0.39 is 87.2 Å². The van der Waals surface area contributed by atoms with Crippen LogP contribution in [-0.2, 0) is 30.8 Å². The first-order valence-electron chi connectivity index (χ1n) is 18.4. The third-order valence-corrected chi connectivity index (χ3v) is 12.7. The summed E-state index contributed by atoms with van der Waals surface area (Å²) < 4.78 is 40.6. The van der Waals surface area contributed by atoms with Crippen molar-refractivity contribution < 1.29 is 47.4 Å². The summed E-state index contributed by atoms with van der Waals surface area (Å²) in [6, 6.07) is 22.7. The molecule has 0 spiro atoms. The molecule has 4 amide bonds. The van der Waals surface area contributed by atoms with Crippen LogP contribution in [0.15, 0.2) is 109 Å². The zero-order valence-corrected chi connectivity index (χ0v) is 31.8. The molecule has 5 aromatic rings. The quantitative estimate of drug-likeness (QED) is 0.113. The molecule has 2 aliphatic heterocycles. The van der Waals surface area contributed by atoms with E-state index in [2.05, 4.69) is 10.4 Å². The molecule has 2 saturated heterocycles. The number of carbonyl (C=O) groups excluding carboxylic acids is 4. The van der Waals surface area contributed by atoms with Crippen LogP contribution in [0.4, 0.5) is 24.7 Å². The number of hydrogen-bond donors (Lipinski definition) is 3. The smallest absolute Gasteiger partial charge is 0.417 e. The van der Waals surface area contributed by atoms with Gasteiger partial charge in [0.15, 0.2) is 5.82 Å². The van der Waals surface area contributed by atoms with Crippen LogP contribution >= 0.6 is 23.2 Å². The van der Waals surface area contributed by atoms with Crippen molar-refractivity contribution in [2.24, 2.45) is 23.7 Å². The van der Waals surface area contributed by atoms with Crippen LogP contribution in [0.5, 0.6) is 5.75 Å². The minimum Gasteiger partial charge on any atom is -0.507 e. The lowest BCUT2D eigenvalue weighted by atomic mass is 9.49. The van der Waals surface area contributed by atoms with Crippen molar-refractivity contribution in [2.45, 2.75) is 30.4 Å². The van der Waals surface area contributed by atoms with E-state index in [0.717, 1.165) is 4.90 Å². The van der Waals surface area contributed by atoms with E-state index in [4.69, 9.17) is 23.2 Å². The van der Waals surface area contributed by atoms with E-state index in [1.807, 2.05) is 0 Å². The Morgan fingerprint density at radius 2 is 1.63 bits per heavy atom. The number of hydrazine groups is 1. The first-order chi connectivity index (χ1) is 28.1. The molecular formula is C43H29Cl2F3N4O7. The summed E-state index contributed by atoms with van der Waals surface area (Å²) in [7, 11) is 0. The highest BCUT2D eigenvalue weighted by atomic mass is 35.5. The number of pyridine rings is 1. The summed E-state index contributed by atoms with van der Waals surface area (Å²) in [6.45, 7) is 0. The Hall–Kier alpha value is -6.25. The van der Waals surface area contributed by atoms with Gasteiger partial charge in [-0.3, -0.25) is 29.5 Å². The average molecular weight is 842 g/mol. The molecule has 6 unspecified atom stereocenters.